The highest BCUT2D eigenvalue weighted by Gasteiger charge is 1.72. The summed E-state index contributed by atoms with van der Waals surface area (Å²) in [7, 11) is 3.76. The lowest BCUT2D eigenvalue weighted by atomic mass is 10.4. The molecule has 12 heavy (non-hydrogen) atoms. The molecule has 0 aliphatic carbocycles. The van der Waals surface area contributed by atoms with Crippen LogP contribution >= 0.6 is 0 Å². The Labute approximate surface area is 76.1 Å². The van der Waals surface area contributed by atoms with Crippen LogP contribution in [0.15, 0.2) is 37.1 Å². The highest BCUT2D eigenvalue weighted by molar-refractivity contribution is 5.15. The number of likely N-dealkylation sites (N-methyl/N-ethyl adjacent to an activating group) is 1. The Morgan fingerprint density at radius 2 is 1.92 bits per heavy atom. The van der Waals surface area contributed by atoms with Crippen molar-refractivity contribution in [2.75, 3.05) is 20.6 Å². The average Bonchev–Trinajstić information content (AvgIpc) is 2.14. The zero-order valence-corrected chi connectivity index (χ0v) is 8.35. The van der Waals surface area contributed by atoms with Crippen molar-refractivity contribution in [2.45, 2.75) is 6.92 Å². The molecule has 70 valence electrons. The topological polar surface area (TPSA) is 24.1 Å². The van der Waals surface area contributed by atoms with Gasteiger partial charge in [-0.15, -0.1) is 0 Å². The van der Waals surface area contributed by atoms with Crippen LogP contribution in [-0.4, -0.2) is 20.6 Å². The van der Waals surface area contributed by atoms with Gasteiger partial charge in [-0.25, -0.2) is 0 Å². The van der Waals surface area contributed by atoms with Gasteiger partial charge in [-0.2, -0.15) is 0 Å². The molecule has 0 heterocycles. The summed E-state index contributed by atoms with van der Waals surface area (Å²) < 4.78 is 0. The van der Waals surface area contributed by atoms with Gasteiger partial charge in [-0.1, -0.05) is 32.2 Å². The largest absolute Gasteiger partial charge is 0.389 e. The lowest BCUT2D eigenvalue weighted by molar-refractivity contribution is 0.864. The molecule has 0 unspecified atom stereocenters. The third kappa shape index (κ3) is 16.0. The second-order valence-corrected chi connectivity index (χ2v) is 2.08. The first-order chi connectivity index (χ1) is 5.72. The Morgan fingerprint density at radius 1 is 1.42 bits per heavy atom. The lowest BCUT2D eigenvalue weighted by Gasteiger charge is -1.92. The minimum absolute atomic E-state index is 0.893. The summed E-state index contributed by atoms with van der Waals surface area (Å²) in [6, 6.07) is 0. The predicted molar refractivity (Wildman–Crippen MR) is 57.1 cm³/mol. The summed E-state index contributed by atoms with van der Waals surface area (Å²) in [5.41, 5.74) is 0.893. The molecule has 2 heteroatoms. The van der Waals surface area contributed by atoms with Crippen LogP contribution in [0.4, 0.5) is 0 Å². The van der Waals surface area contributed by atoms with Gasteiger partial charge < -0.3 is 10.6 Å². The van der Waals surface area contributed by atoms with E-state index in [1.54, 1.807) is 6.08 Å². The maximum atomic E-state index is 3.66. The highest BCUT2D eigenvalue weighted by Crippen LogP contribution is 1.83. The molecule has 0 saturated heterocycles. The summed E-state index contributed by atoms with van der Waals surface area (Å²) in [6.45, 7) is 10.3. The second-order valence-electron chi connectivity index (χ2n) is 2.08. The molecule has 0 aliphatic heterocycles. The normalized spacial score (nSPS) is 8.58. The molecular weight excluding hydrogens is 148 g/mol. The molecule has 0 spiro atoms. The zero-order valence-electron chi connectivity index (χ0n) is 8.35. The van der Waals surface area contributed by atoms with Gasteiger partial charge in [0, 0.05) is 12.7 Å². The average molecular weight is 168 g/mol. The van der Waals surface area contributed by atoms with Crippen molar-refractivity contribution in [3.05, 3.63) is 37.1 Å². The van der Waals surface area contributed by atoms with Crippen LogP contribution in [0.3, 0.4) is 0 Å². The Kier molecular flexibility index (Phi) is 14.3. The van der Waals surface area contributed by atoms with E-state index in [2.05, 4.69) is 30.7 Å². The van der Waals surface area contributed by atoms with Gasteiger partial charge >= 0.3 is 0 Å². The van der Waals surface area contributed by atoms with Crippen molar-refractivity contribution in [1.82, 2.24) is 10.6 Å². The zero-order chi connectivity index (χ0) is 9.82. The molecule has 0 amide bonds. The molecule has 0 aromatic carbocycles. The van der Waals surface area contributed by atoms with Crippen molar-refractivity contribution >= 4 is 0 Å². The first-order valence-electron chi connectivity index (χ1n) is 4.03. The van der Waals surface area contributed by atoms with Gasteiger partial charge in [0.25, 0.3) is 0 Å². The maximum absolute atomic E-state index is 3.66. The Hall–Kier alpha value is -1.02. The first-order valence-corrected chi connectivity index (χ1v) is 4.03. The SMILES string of the molecule is C=C/C=C\C(=C)NC.CCNC. The van der Waals surface area contributed by atoms with E-state index in [4.69, 9.17) is 0 Å². The van der Waals surface area contributed by atoms with E-state index in [1.165, 1.54) is 0 Å². The van der Waals surface area contributed by atoms with Crippen molar-refractivity contribution in [1.29, 1.82) is 0 Å². The third-order valence-electron chi connectivity index (χ3n) is 1.11. The third-order valence-corrected chi connectivity index (χ3v) is 1.11. The molecular formula is C10H20N2. The van der Waals surface area contributed by atoms with E-state index < -0.39 is 0 Å². The fourth-order valence-corrected chi connectivity index (χ4v) is 0.268. The molecule has 0 rings (SSSR count). The van der Waals surface area contributed by atoms with Gasteiger partial charge in [-0.3, -0.25) is 0 Å². The van der Waals surface area contributed by atoms with Crippen molar-refractivity contribution < 1.29 is 0 Å². The van der Waals surface area contributed by atoms with Crippen LogP contribution in [0.25, 0.3) is 0 Å². The summed E-state index contributed by atoms with van der Waals surface area (Å²) in [5, 5.41) is 5.80. The summed E-state index contributed by atoms with van der Waals surface area (Å²) in [6.07, 6.45) is 5.40. The molecule has 0 aliphatic rings. The van der Waals surface area contributed by atoms with Crippen LogP contribution in [0.2, 0.25) is 0 Å². The van der Waals surface area contributed by atoms with Crippen LogP contribution in [0, 0.1) is 0 Å². The number of allylic oxidation sites excluding steroid dienone is 3. The maximum Gasteiger partial charge on any atom is 0.0264 e. The van der Waals surface area contributed by atoms with Crippen molar-refractivity contribution in [2.24, 2.45) is 0 Å². The molecule has 0 aromatic rings. The molecule has 0 bridgehead atoms. The van der Waals surface area contributed by atoms with E-state index in [9.17, 15) is 0 Å². The molecule has 2 nitrogen and oxygen atoms in total. The first kappa shape index (κ1) is 13.6. The number of hydrogen-bond donors (Lipinski definition) is 2. The van der Waals surface area contributed by atoms with Crippen molar-refractivity contribution in [3.63, 3.8) is 0 Å². The summed E-state index contributed by atoms with van der Waals surface area (Å²) in [4.78, 5) is 0. The van der Waals surface area contributed by atoms with E-state index in [0.717, 1.165) is 12.2 Å². The van der Waals surface area contributed by atoms with Gasteiger partial charge in [0.1, 0.15) is 0 Å². The second kappa shape index (κ2) is 12.6. The smallest absolute Gasteiger partial charge is 0.0264 e. The van der Waals surface area contributed by atoms with Crippen LogP contribution in [0.5, 0.6) is 0 Å². The number of hydrogen-bond acceptors (Lipinski definition) is 2. The Balaban J connectivity index is 0. The molecule has 0 aromatic heterocycles. The standard InChI is InChI=1S/C7H11N.C3H9N/c1-4-5-6-7(2)8-3;1-3-4-2/h4-6,8H,1-2H2,3H3;4H,3H2,1-2H3/b6-5-;. The minimum atomic E-state index is 0.893. The fourth-order valence-electron chi connectivity index (χ4n) is 0.268. The van der Waals surface area contributed by atoms with Gasteiger partial charge in [0.05, 0.1) is 0 Å². The van der Waals surface area contributed by atoms with E-state index >= 15 is 0 Å². The minimum Gasteiger partial charge on any atom is -0.389 e. The molecule has 2 N–H and O–H groups in total. The highest BCUT2D eigenvalue weighted by atomic mass is 14.8. The Bertz CT molecular complexity index is 135. The lowest BCUT2D eigenvalue weighted by Crippen LogP contribution is -2.01. The summed E-state index contributed by atoms with van der Waals surface area (Å²) in [5.74, 6) is 0. The monoisotopic (exact) mass is 168 g/mol. The number of nitrogens with one attached hydrogen (secondary N) is 2. The fraction of sp³-hybridized carbons (Fsp3) is 0.400. The predicted octanol–water partition coefficient (Wildman–Crippen LogP) is 1.69. The molecule has 0 saturated carbocycles. The van der Waals surface area contributed by atoms with Gasteiger partial charge in [-0.05, 0) is 19.7 Å². The van der Waals surface area contributed by atoms with Crippen molar-refractivity contribution in [3.8, 4) is 0 Å². The van der Waals surface area contributed by atoms with Gasteiger partial charge in [0.15, 0.2) is 0 Å². The molecule has 0 atom stereocenters. The Morgan fingerprint density at radius 3 is 2.17 bits per heavy atom. The number of rotatable bonds is 4. The van der Waals surface area contributed by atoms with Crippen LogP contribution in [-0.2, 0) is 0 Å². The van der Waals surface area contributed by atoms with E-state index in [0.29, 0.717) is 0 Å². The van der Waals surface area contributed by atoms with Crippen LogP contribution in [0.1, 0.15) is 6.92 Å². The quantitative estimate of drug-likeness (QED) is 0.624. The van der Waals surface area contributed by atoms with Crippen LogP contribution < -0.4 is 10.6 Å². The molecule has 0 radical (unpaired) electrons. The van der Waals surface area contributed by atoms with Gasteiger partial charge in [0.2, 0.25) is 0 Å². The summed E-state index contributed by atoms with van der Waals surface area (Å²) >= 11 is 0. The molecule has 0 fully saturated rings. The van der Waals surface area contributed by atoms with E-state index in [-0.39, 0.29) is 0 Å². The van der Waals surface area contributed by atoms with E-state index in [1.807, 2.05) is 26.2 Å².